The predicted molar refractivity (Wildman–Crippen MR) is 86.8 cm³/mol. The third kappa shape index (κ3) is 2.68. The molecule has 1 aromatic heterocycles. The van der Waals surface area contributed by atoms with Gasteiger partial charge in [0.15, 0.2) is 5.76 Å². The standard InChI is InChI=1S/C18H14O4S/c1-10-7-12(21-18(20)11-4-5-11)8-14-16(10)17(19)15(22-14)9-13-3-2-6-23-13/h2-3,6-9,11H,4-5H2,1H3/b15-9-. The quantitative estimate of drug-likeness (QED) is 0.486. The number of esters is 1. The maximum Gasteiger partial charge on any atom is 0.314 e. The van der Waals surface area contributed by atoms with Crippen LogP contribution < -0.4 is 9.47 Å². The lowest BCUT2D eigenvalue weighted by Gasteiger charge is -2.07. The van der Waals surface area contributed by atoms with E-state index in [0.717, 1.165) is 23.3 Å². The van der Waals surface area contributed by atoms with Gasteiger partial charge in [-0.25, -0.2) is 0 Å². The number of carbonyl (C=O) groups is 2. The maximum atomic E-state index is 12.5. The Kier molecular flexibility index (Phi) is 3.31. The fraction of sp³-hybridized carbons (Fsp3) is 0.222. The highest BCUT2D eigenvalue weighted by Crippen LogP contribution is 2.38. The van der Waals surface area contributed by atoms with E-state index in [9.17, 15) is 9.59 Å². The molecule has 0 amide bonds. The molecule has 1 fully saturated rings. The molecule has 0 saturated heterocycles. The Labute approximate surface area is 137 Å². The average molecular weight is 326 g/mol. The minimum atomic E-state index is -0.206. The number of benzene rings is 1. The van der Waals surface area contributed by atoms with Gasteiger partial charge in [-0.1, -0.05) is 6.07 Å². The summed E-state index contributed by atoms with van der Waals surface area (Å²) in [5.74, 6) is 0.880. The summed E-state index contributed by atoms with van der Waals surface area (Å²) in [7, 11) is 0. The van der Waals surface area contributed by atoms with Crippen molar-refractivity contribution in [3.8, 4) is 11.5 Å². The van der Waals surface area contributed by atoms with E-state index in [1.165, 1.54) is 11.3 Å². The van der Waals surface area contributed by atoms with Gasteiger partial charge in [0.1, 0.15) is 11.5 Å². The minimum absolute atomic E-state index is 0.0281. The molecule has 0 spiro atoms. The second-order valence-electron chi connectivity index (χ2n) is 5.76. The number of rotatable bonds is 3. The molecule has 0 unspecified atom stereocenters. The Morgan fingerprint density at radius 1 is 1.39 bits per heavy atom. The Hall–Kier alpha value is -2.40. The van der Waals surface area contributed by atoms with Crippen molar-refractivity contribution < 1.29 is 19.1 Å². The topological polar surface area (TPSA) is 52.6 Å². The first kappa shape index (κ1) is 14.2. The van der Waals surface area contributed by atoms with Crippen molar-refractivity contribution in [2.24, 2.45) is 5.92 Å². The number of ketones is 1. The third-order valence-corrected chi connectivity index (χ3v) is 4.71. The maximum absolute atomic E-state index is 12.5. The molecule has 23 heavy (non-hydrogen) atoms. The van der Waals surface area contributed by atoms with Gasteiger partial charge in [-0.05, 0) is 42.8 Å². The van der Waals surface area contributed by atoms with E-state index in [2.05, 4.69) is 0 Å². The van der Waals surface area contributed by atoms with Crippen LogP contribution in [0.15, 0.2) is 35.4 Å². The van der Waals surface area contributed by atoms with Gasteiger partial charge in [0, 0.05) is 17.0 Å². The third-order valence-electron chi connectivity index (χ3n) is 3.89. The predicted octanol–water partition coefficient (Wildman–Crippen LogP) is 3.99. The van der Waals surface area contributed by atoms with Gasteiger partial charge in [-0.15, -0.1) is 11.3 Å². The van der Waals surface area contributed by atoms with Crippen molar-refractivity contribution in [2.45, 2.75) is 19.8 Å². The number of carbonyl (C=O) groups excluding carboxylic acids is 2. The number of hydrogen-bond donors (Lipinski definition) is 0. The molecule has 1 aromatic carbocycles. The molecule has 0 radical (unpaired) electrons. The normalized spacial score (nSPS) is 18.0. The van der Waals surface area contributed by atoms with Gasteiger partial charge >= 0.3 is 5.97 Å². The van der Waals surface area contributed by atoms with E-state index in [1.54, 1.807) is 18.2 Å². The zero-order chi connectivity index (χ0) is 16.0. The van der Waals surface area contributed by atoms with E-state index in [1.807, 2.05) is 24.4 Å². The molecule has 0 atom stereocenters. The SMILES string of the molecule is Cc1cc(OC(=O)C2CC2)cc2c1C(=O)/C(=C/c1cccs1)O2. The molecule has 4 nitrogen and oxygen atoms in total. The zero-order valence-corrected chi connectivity index (χ0v) is 13.3. The summed E-state index contributed by atoms with van der Waals surface area (Å²) in [6, 6.07) is 7.18. The van der Waals surface area contributed by atoms with Crippen LogP contribution in [0.25, 0.3) is 6.08 Å². The lowest BCUT2D eigenvalue weighted by Crippen LogP contribution is -2.10. The molecule has 4 rings (SSSR count). The fourth-order valence-corrected chi connectivity index (χ4v) is 3.20. The van der Waals surface area contributed by atoms with Crippen LogP contribution in [0.4, 0.5) is 0 Å². The van der Waals surface area contributed by atoms with E-state index in [0.29, 0.717) is 22.8 Å². The van der Waals surface area contributed by atoms with Crippen molar-refractivity contribution in [3.63, 3.8) is 0 Å². The summed E-state index contributed by atoms with van der Waals surface area (Å²) in [6.07, 6.45) is 3.53. The van der Waals surface area contributed by atoms with Gasteiger partial charge in [0.25, 0.3) is 0 Å². The van der Waals surface area contributed by atoms with Crippen LogP contribution in [-0.2, 0) is 4.79 Å². The van der Waals surface area contributed by atoms with Gasteiger partial charge in [-0.2, -0.15) is 0 Å². The number of hydrogen-bond acceptors (Lipinski definition) is 5. The molecule has 2 aromatic rings. The first-order valence-corrected chi connectivity index (χ1v) is 8.34. The van der Waals surface area contributed by atoms with Crippen molar-refractivity contribution in [2.75, 3.05) is 0 Å². The molecule has 5 heteroatoms. The monoisotopic (exact) mass is 326 g/mol. The molecule has 116 valence electrons. The van der Waals surface area contributed by atoms with Gasteiger partial charge in [0.2, 0.25) is 5.78 Å². The van der Waals surface area contributed by atoms with E-state index in [-0.39, 0.29) is 17.7 Å². The minimum Gasteiger partial charge on any atom is -0.452 e. The Bertz CT molecular complexity index is 829. The van der Waals surface area contributed by atoms with Crippen molar-refractivity contribution >= 4 is 29.2 Å². The number of aryl methyl sites for hydroxylation is 1. The molecule has 0 bridgehead atoms. The highest BCUT2D eigenvalue weighted by molar-refractivity contribution is 7.10. The average Bonchev–Trinajstić information content (AvgIpc) is 3.16. The smallest absolute Gasteiger partial charge is 0.314 e. The summed E-state index contributed by atoms with van der Waals surface area (Å²) in [4.78, 5) is 25.2. The lowest BCUT2D eigenvalue weighted by atomic mass is 10.0. The fourth-order valence-electron chi connectivity index (χ4n) is 2.56. The van der Waals surface area contributed by atoms with E-state index in [4.69, 9.17) is 9.47 Å². The van der Waals surface area contributed by atoms with Crippen molar-refractivity contribution in [3.05, 3.63) is 51.4 Å². The summed E-state index contributed by atoms with van der Waals surface area (Å²) in [5, 5.41) is 1.94. The highest BCUT2D eigenvalue weighted by Gasteiger charge is 2.33. The first-order chi connectivity index (χ1) is 11.1. The Balaban J connectivity index is 1.64. The number of thiophene rings is 1. The summed E-state index contributed by atoms with van der Waals surface area (Å²) >= 11 is 1.54. The second-order valence-corrected chi connectivity index (χ2v) is 6.74. The molecule has 2 heterocycles. The molecule has 0 N–H and O–H groups in total. The lowest BCUT2D eigenvalue weighted by molar-refractivity contribution is -0.135. The van der Waals surface area contributed by atoms with Crippen LogP contribution in [0.5, 0.6) is 11.5 Å². The molecular formula is C18H14O4S. The Morgan fingerprint density at radius 2 is 2.22 bits per heavy atom. The van der Waals surface area contributed by atoms with Crippen LogP contribution in [0, 0.1) is 12.8 Å². The largest absolute Gasteiger partial charge is 0.452 e. The summed E-state index contributed by atoms with van der Waals surface area (Å²) < 4.78 is 11.1. The van der Waals surface area contributed by atoms with Crippen molar-refractivity contribution in [1.29, 1.82) is 0 Å². The van der Waals surface area contributed by atoms with E-state index < -0.39 is 0 Å². The number of allylic oxidation sites excluding steroid dienone is 1. The molecule has 1 aliphatic heterocycles. The highest BCUT2D eigenvalue weighted by atomic mass is 32.1. The molecule has 2 aliphatic rings. The Morgan fingerprint density at radius 3 is 2.91 bits per heavy atom. The van der Waals surface area contributed by atoms with Gasteiger partial charge in [0.05, 0.1) is 11.5 Å². The second kappa shape index (κ2) is 5.35. The van der Waals surface area contributed by atoms with Gasteiger partial charge in [-0.3, -0.25) is 9.59 Å². The van der Waals surface area contributed by atoms with Gasteiger partial charge < -0.3 is 9.47 Å². The zero-order valence-electron chi connectivity index (χ0n) is 12.5. The van der Waals surface area contributed by atoms with Crippen LogP contribution in [0.3, 0.4) is 0 Å². The summed E-state index contributed by atoms with van der Waals surface area (Å²) in [5.41, 5.74) is 1.29. The molecular weight excluding hydrogens is 312 g/mol. The molecule has 1 aliphatic carbocycles. The van der Waals surface area contributed by atoms with Crippen LogP contribution in [-0.4, -0.2) is 11.8 Å². The summed E-state index contributed by atoms with van der Waals surface area (Å²) in [6.45, 7) is 1.82. The van der Waals surface area contributed by atoms with Crippen molar-refractivity contribution in [1.82, 2.24) is 0 Å². The number of ether oxygens (including phenoxy) is 2. The van der Waals surface area contributed by atoms with Crippen LogP contribution >= 0.6 is 11.3 Å². The molecule has 1 saturated carbocycles. The first-order valence-electron chi connectivity index (χ1n) is 7.46. The van der Waals surface area contributed by atoms with E-state index >= 15 is 0 Å². The number of fused-ring (bicyclic) bond motifs is 1. The van der Waals surface area contributed by atoms with Crippen LogP contribution in [0.1, 0.15) is 33.6 Å². The van der Waals surface area contributed by atoms with Crippen LogP contribution in [0.2, 0.25) is 0 Å². The number of Topliss-reactive ketones (excluding diaryl/α,β-unsaturated/α-hetero) is 1.